The predicted octanol–water partition coefficient (Wildman–Crippen LogP) is 4.92. The molecular formula is C18H36BaO3. The number of allylic oxidation sites excluding steroid dienone is 1. The Labute approximate surface area is 180 Å². The number of aliphatic carboxylic acids is 1. The number of rotatable bonds is 15. The van der Waals surface area contributed by atoms with E-state index in [1.54, 1.807) is 0 Å². The molecular weight excluding hydrogens is 402 g/mol. The molecule has 3 nitrogen and oxygen atoms in total. The first kappa shape index (κ1) is 25.0. The van der Waals surface area contributed by atoms with Gasteiger partial charge >= 0.3 is 54.9 Å². The number of carboxylic acids is 1. The van der Waals surface area contributed by atoms with Crippen LogP contribution in [0.1, 0.15) is 93.2 Å². The first-order valence-corrected chi connectivity index (χ1v) is 8.71. The molecule has 22 heavy (non-hydrogen) atoms. The fraction of sp³-hybridized carbons (Fsp3) is 0.833. The van der Waals surface area contributed by atoms with Gasteiger partial charge in [0.1, 0.15) is 0 Å². The minimum absolute atomic E-state index is 0. The normalized spacial score (nSPS) is 12.3. The van der Waals surface area contributed by atoms with Gasteiger partial charge in [-0.15, -0.1) is 0 Å². The van der Waals surface area contributed by atoms with Crippen LogP contribution in [0.25, 0.3) is 0 Å². The molecule has 0 bridgehead atoms. The molecule has 2 N–H and O–H groups in total. The summed E-state index contributed by atoms with van der Waals surface area (Å²) in [6.07, 6.45) is 17.4. The minimum Gasteiger partial charge on any atom is -1.00 e. The summed E-state index contributed by atoms with van der Waals surface area (Å²) in [6, 6.07) is 0. The van der Waals surface area contributed by atoms with E-state index in [-0.39, 0.29) is 57.8 Å². The van der Waals surface area contributed by atoms with Crippen LogP contribution in [-0.2, 0) is 4.79 Å². The van der Waals surface area contributed by atoms with Gasteiger partial charge in [-0.05, 0) is 32.1 Å². The molecule has 0 fully saturated rings. The van der Waals surface area contributed by atoms with Crippen molar-refractivity contribution in [3.05, 3.63) is 12.2 Å². The average Bonchev–Trinajstić information content (AvgIpc) is 2.45. The molecule has 0 spiro atoms. The average molecular weight is 438 g/mol. The maximum absolute atomic E-state index is 10.3. The van der Waals surface area contributed by atoms with Gasteiger partial charge in [0, 0.05) is 6.42 Å². The van der Waals surface area contributed by atoms with Gasteiger partial charge in [0.25, 0.3) is 0 Å². The summed E-state index contributed by atoms with van der Waals surface area (Å²) in [5, 5.41) is 18.3. The summed E-state index contributed by atoms with van der Waals surface area (Å²) in [6.45, 7) is 2.20. The molecule has 0 aromatic carbocycles. The van der Waals surface area contributed by atoms with Crippen LogP contribution in [0.3, 0.4) is 0 Å². The summed E-state index contributed by atoms with van der Waals surface area (Å²) in [5.41, 5.74) is 0. The molecule has 0 aromatic rings. The van der Waals surface area contributed by atoms with Crippen molar-refractivity contribution in [2.24, 2.45) is 0 Å². The van der Waals surface area contributed by atoms with Crippen molar-refractivity contribution in [2.75, 3.05) is 0 Å². The number of carboxylic acid groups (broad SMARTS) is 1. The van der Waals surface area contributed by atoms with Crippen molar-refractivity contribution >= 4 is 54.9 Å². The van der Waals surface area contributed by atoms with Crippen LogP contribution in [0.2, 0.25) is 0 Å². The Morgan fingerprint density at radius 1 is 1.00 bits per heavy atom. The first-order valence-electron chi connectivity index (χ1n) is 8.71. The van der Waals surface area contributed by atoms with Crippen molar-refractivity contribution < 1.29 is 17.9 Å². The first-order chi connectivity index (χ1) is 10.2. The molecule has 0 amide bonds. The fourth-order valence-corrected chi connectivity index (χ4v) is 2.36. The summed E-state index contributed by atoms with van der Waals surface area (Å²) >= 11 is 0. The van der Waals surface area contributed by atoms with Gasteiger partial charge in [-0.1, -0.05) is 64.0 Å². The Balaban J connectivity index is -0.000000667. The van der Waals surface area contributed by atoms with Crippen LogP contribution in [0.15, 0.2) is 12.2 Å². The monoisotopic (exact) mass is 438 g/mol. The van der Waals surface area contributed by atoms with Crippen LogP contribution in [0, 0.1) is 0 Å². The van der Waals surface area contributed by atoms with E-state index in [0.29, 0.717) is 6.42 Å². The molecule has 0 rings (SSSR count). The van der Waals surface area contributed by atoms with Crippen LogP contribution in [-0.4, -0.2) is 71.2 Å². The number of carbonyl (C=O) groups is 1. The second kappa shape index (κ2) is 19.8. The van der Waals surface area contributed by atoms with E-state index in [0.717, 1.165) is 51.4 Å². The molecule has 0 aliphatic rings. The van der Waals surface area contributed by atoms with Gasteiger partial charge in [0.05, 0.1) is 6.10 Å². The second-order valence-corrected chi connectivity index (χ2v) is 5.91. The molecule has 0 heterocycles. The van der Waals surface area contributed by atoms with Crippen molar-refractivity contribution in [3.63, 3.8) is 0 Å². The van der Waals surface area contributed by atoms with Gasteiger partial charge in [-0.2, -0.15) is 0 Å². The Morgan fingerprint density at radius 3 is 2.32 bits per heavy atom. The number of unbranched alkanes of at least 4 members (excludes halogenated alkanes) is 8. The summed E-state index contributed by atoms with van der Waals surface area (Å²) in [7, 11) is 0. The van der Waals surface area contributed by atoms with E-state index in [4.69, 9.17) is 5.11 Å². The Kier molecular flexibility index (Phi) is 22.5. The summed E-state index contributed by atoms with van der Waals surface area (Å²) < 4.78 is 0. The Hall–Kier alpha value is 0.741. The molecule has 0 saturated heterocycles. The van der Waals surface area contributed by atoms with Crippen molar-refractivity contribution in [3.8, 4) is 0 Å². The molecule has 4 heteroatoms. The molecule has 0 aliphatic carbocycles. The Morgan fingerprint density at radius 2 is 1.64 bits per heavy atom. The van der Waals surface area contributed by atoms with Crippen molar-refractivity contribution in [2.45, 2.75) is 96.5 Å². The topological polar surface area (TPSA) is 57.5 Å². The molecule has 128 valence electrons. The third-order valence-electron chi connectivity index (χ3n) is 3.73. The molecule has 0 aromatic heterocycles. The van der Waals surface area contributed by atoms with Crippen LogP contribution >= 0.6 is 0 Å². The maximum atomic E-state index is 10.3. The summed E-state index contributed by atoms with van der Waals surface area (Å²) in [5.74, 6) is -0.689. The van der Waals surface area contributed by atoms with Gasteiger partial charge in [0.2, 0.25) is 0 Å². The van der Waals surface area contributed by atoms with Gasteiger partial charge in [-0.3, -0.25) is 4.79 Å². The number of hydrogen-bond acceptors (Lipinski definition) is 2. The van der Waals surface area contributed by atoms with Gasteiger partial charge in [0.15, 0.2) is 0 Å². The molecule has 0 saturated carbocycles. The predicted molar refractivity (Wildman–Crippen MR) is 96.5 cm³/mol. The van der Waals surface area contributed by atoms with E-state index < -0.39 is 5.97 Å². The third-order valence-corrected chi connectivity index (χ3v) is 3.73. The van der Waals surface area contributed by atoms with E-state index in [1.807, 2.05) is 0 Å². The van der Waals surface area contributed by atoms with Crippen molar-refractivity contribution in [1.29, 1.82) is 0 Å². The molecule has 0 radical (unpaired) electrons. The van der Waals surface area contributed by atoms with Gasteiger partial charge < -0.3 is 13.1 Å². The smallest absolute Gasteiger partial charge is 1.00 e. The quantitative estimate of drug-likeness (QED) is 0.217. The minimum atomic E-state index is -0.689. The SMILES string of the molecule is CCCCCCC(O)C/C=C\CCCCCCCC(=O)O.[Ba+2].[H-].[H-]. The van der Waals surface area contributed by atoms with Crippen LogP contribution < -0.4 is 0 Å². The molecule has 1 unspecified atom stereocenters. The van der Waals surface area contributed by atoms with E-state index in [1.165, 1.54) is 25.7 Å². The van der Waals surface area contributed by atoms with Crippen LogP contribution in [0.4, 0.5) is 0 Å². The number of aliphatic hydroxyl groups is 1. The standard InChI is InChI=1S/C18H34O3.Ba.2H/c1-2-3-4-11-14-17(19)15-12-9-7-5-6-8-10-13-16-18(20)21;;;/h9,12,17,19H,2-8,10-11,13-16H2,1H3,(H,20,21);;;/q;+2;2*-1/b12-9-;;;. The maximum Gasteiger partial charge on any atom is 2.00 e. The zero-order chi connectivity index (χ0) is 15.8. The largest absolute Gasteiger partial charge is 2.00 e. The molecule has 1 atom stereocenters. The second-order valence-electron chi connectivity index (χ2n) is 5.91. The van der Waals surface area contributed by atoms with Crippen LogP contribution in [0.5, 0.6) is 0 Å². The zero-order valence-corrected chi connectivity index (χ0v) is 18.9. The summed E-state index contributed by atoms with van der Waals surface area (Å²) in [4.78, 5) is 10.3. The zero-order valence-electron chi connectivity index (χ0n) is 16.4. The molecule has 0 aliphatic heterocycles. The number of hydrogen-bond donors (Lipinski definition) is 2. The number of aliphatic hydroxyl groups excluding tert-OH is 1. The third kappa shape index (κ3) is 20.7. The van der Waals surface area contributed by atoms with Gasteiger partial charge in [-0.25, -0.2) is 0 Å². The van der Waals surface area contributed by atoms with E-state index in [2.05, 4.69) is 19.1 Å². The Bertz CT molecular complexity index is 277. The van der Waals surface area contributed by atoms with E-state index in [9.17, 15) is 9.90 Å². The van der Waals surface area contributed by atoms with Crippen molar-refractivity contribution in [1.82, 2.24) is 0 Å². The van der Waals surface area contributed by atoms with E-state index >= 15 is 0 Å². The fourth-order valence-electron chi connectivity index (χ4n) is 2.36.